The highest BCUT2D eigenvalue weighted by Gasteiger charge is 2.14. The summed E-state index contributed by atoms with van der Waals surface area (Å²) in [6.07, 6.45) is 0.961. The van der Waals surface area contributed by atoms with Gasteiger partial charge in [0.25, 0.3) is 0 Å². The lowest BCUT2D eigenvalue weighted by Gasteiger charge is -2.27. The molecule has 1 fully saturated rings. The molecule has 3 nitrogen and oxygen atoms in total. The van der Waals surface area contributed by atoms with E-state index in [1.807, 2.05) is 24.3 Å². The Labute approximate surface area is 112 Å². The quantitative estimate of drug-likeness (QED) is 0.789. The molecule has 19 heavy (non-hydrogen) atoms. The highest BCUT2D eigenvalue weighted by Crippen LogP contribution is 2.23. The number of ether oxygens (including phenoxy) is 1. The molecule has 0 aliphatic carbocycles. The second kappa shape index (κ2) is 5.51. The lowest BCUT2D eigenvalue weighted by Crippen LogP contribution is -2.35. The number of hydrogen-bond donors (Lipinski definition) is 0. The van der Waals surface area contributed by atoms with Crippen molar-refractivity contribution in [3.8, 4) is 0 Å². The van der Waals surface area contributed by atoms with E-state index in [0.29, 0.717) is 0 Å². The fourth-order valence-corrected chi connectivity index (χ4v) is 2.62. The van der Waals surface area contributed by atoms with Gasteiger partial charge in [0, 0.05) is 25.2 Å². The molecule has 0 amide bonds. The summed E-state index contributed by atoms with van der Waals surface area (Å²) < 4.78 is 5.37. The standard InChI is InChI=1S/C16H17NO2/c18-12-14-6-5-13-3-1-2-4-15(13)16(14)11-17-7-9-19-10-8-17/h1-6,12H,7-11H2. The zero-order chi connectivity index (χ0) is 13.1. The maximum Gasteiger partial charge on any atom is 0.150 e. The molecule has 0 bridgehead atoms. The molecule has 0 N–H and O–H groups in total. The summed E-state index contributed by atoms with van der Waals surface area (Å²) in [4.78, 5) is 13.6. The van der Waals surface area contributed by atoms with Crippen molar-refractivity contribution in [2.24, 2.45) is 0 Å². The van der Waals surface area contributed by atoms with Gasteiger partial charge in [-0.15, -0.1) is 0 Å². The van der Waals surface area contributed by atoms with Crippen LogP contribution in [0.5, 0.6) is 0 Å². The van der Waals surface area contributed by atoms with Gasteiger partial charge in [-0.05, 0) is 16.3 Å². The van der Waals surface area contributed by atoms with Crippen molar-refractivity contribution >= 4 is 17.1 Å². The normalized spacial score (nSPS) is 16.6. The van der Waals surface area contributed by atoms with Crippen LogP contribution in [0.1, 0.15) is 15.9 Å². The number of morpholine rings is 1. The minimum atomic E-state index is 0.779. The van der Waals surface area contributed by atoms with Crippen LogP contribution >= 0.6 is 0 Å². The molecule has 0 unspecified atom stereocenters. The highest BCUT2D eigenvalue weighted by molar-refractivity contribution is 5.93. The maximum atomic E-state index is 11.3. The Morgan fingerprint density at radius 1 is 1.11 bits per heavy atom. The molecule has 0 spiro atoms. The first-order valence-corrected chi connectivity index (χ1v) is 6.64. The predicted octanol–water partition coefficient (Wildman–Crippen LogP) is 2.48. The molecule has 0 radical (unpaired) electrons. The third kappa shape index (κ3) is 2.53. The van der Waals surface area contributed by atoms with Crippen LogP contribution in [0.3, 0.4) is 0 Å². The summed E-state index contributed by atoms with van der Waals surface area (Å²) in [5, 5.41) is 2.37. The van der Waals surface area contributed by atoms with Crippen LogP contribution < -0.4 is 0 Å². The third-order valence-corrected chi connectivity index (χ3v) is 3.69. The SMILES string of the molecule is O=Cc1ccc2ccccc2c1CN1CCOCC1. The summed E-state index contributed by atoms with van der Waals surface area (Å²) in [6, 6.07) is 12.2. The molecule has 1 saturated heterocycles. The number of benzene rings is 2. The largest absolute Gasteiger partial charge is 0.379 e. The Morgan fingerprint density at radius 3 is 2.68 bits per heavy atom. The molecule has 0 saturated carbocycles. The number of nitrogens with zero attached hydrogens (tertiary/aromatic N) is 1. The van der Waals surface area contributed by atoms with Crippen LogP contribution in [0, 0.1) is 0 Å². The van der Waals surface area contributed by atoms with Gasteiger partial charge < -0.3 is 4.74 Å². The number of fused-ring (bicyclic) bond motifs is 1. The monoisotopic (exact) mass is 255 g/mol. The van der Waals surface area contributed by atoms with Crippen molar-refractivity contribution in [1.29, 1.82) is 0 Å². The molecular weight excluding hydrogens is 238 g/mol. The molecule has 2 aromatic rings. The fraction of sp³-hybridized carbons (Fsp3) is 0.312. The Morgan fingerprint density at radius 2 is 1.89 bits per heavy atom. The minimum absolute atomic E-state index is 0.779. The van der Waals surface area contributed by atoms with Gasteiger partial charge in [0.2, 0.25) is 0 Å². The van der Waals surface area contributed by atoms with Gasteiger partial charge >= 0.3 is 0 Å². The summed E-state index contributed by atoms with van der Waals surface area (Å²) in [5.41, 5.74) is 1.93. The Balaban J connectivity index is 2.01. The van der Waals surface area contributed by atoms with Crippen LogP contribution in [-0.4, -0.2) is 37.5 Å². The fourth-order valence-electron chi connectivity index (χ4n) is 2.62. The molecule has 1 aliphatic rings. The number of carbonyl (C=O) groups is 1. The smallest absolute Gasteiger partial charge is 0.150 e. The predicted molar refractivity (Wildman–Crippen MR) is 75.4 cm³/mol. The van der Waals surface area contributed by atoms with E-state index < -0.39 is 0 Å². The van der Waals surface area contributed by atoms with E-state index in [2.05, 4.69) is 17.0 Å². The van der Waals surface area contributed by atoms with Crippen LogP contribution in [0.15, 0.2) is 36.4 Å². The zero-order valence-electron chi connectivity index (χ0n) is 10.8. The number of rotatable bonds is 3. The highest BCUT2D eigenvalue weighted by atomic mass is 16.5. The molecule has 1 heterocycles. The first kappa shape index (κ1) is 12.3. The van der Waals surface area contributed by atoms with Crippen molar-refractivity contribution in [3.63, 3.8) is 0 Å². The third-order valence-electron chi connectivity index (χ3n) is 3.69. The number of aldehydes is 1. The molecular formula is C16H17NO2. The lowest BCUT2D eigenvalue weighted by molar-refractivity contribution is 0.0343. The van der Waals surface area contributed by atoms with E-state index in [-0.39, 0.29) is 0 Å². The van der Waals surface area contributed by atoms with Crippen LogP contribution in [0.25, 0.3) is 10.8 Å². The Kier molecular flexibility index (Phi) is 3.58. The van der Waals surface area contributed by atoms with E-state index in [0.717, 1.165) is 50.3 Å². The van der Waals surface area contributed by atoms with Crippen molar-refractivity contribution in [1.82, 2.24) is 4.90 Å². The second-order valence-electron chi connectivity index (χ2n) is 4.86. The second-order valence-corrected chi connectivity index (χ2v) is 4.86. The number of carbonyl (C=O) groups excluding carboxylic acids is 1. The van der Waals surface area contributed by atoms with E-state index in [1.165, 1.54) is 10.8 Å². The first-order valence-electron chi connectivity index (χ1n) is 6.64. The van der Waals surface area contributed by atoms with Gasteiger partial charge in [-0.25, -0.2) is 0 Å². The average molecular weight is 255 g/mol. The van der Waals surface area contributed by atoms with Crippen LogP contribution in [0.4, 0.5) is 0 Å². The molecule has 2 aromatic carbocycles. The van der Waals surface area contributed by atoms with Gasteiger partial charge in [-0.2, -0.15) is 0 Å². The first-order chi connectivity index (χ1) is 9.38. The molecule has 0 atom stereocenters. The number of hydrogen-bond acceptors (Lipinski definition) is 3. The summed E-state index contributed by atoms with van der Waals surface area (Å²) >= 11 is 0. The average Bonchev–Trinajstić information content (AvgIpc) is 2.49. The van der Waals surface area contributed by atoms with E-state index in [4.69, 9.17) is 4.74 Å². The van der Waals surface area contributed by atoms with Crippen molar-refractivity contribution < 1.29 is 9.53 Å². The molecule has 98 valence electrons. The van der Waals surface area contributed by atoms with Gasteiger partial charge in [-0.1, -0.05) is 36.4 Å². The molecule has 3 rings (SSSR count). The molecule has 1 aliphatic heterocycles. The van der Waals surface area contributed by atoms with Gasteiger partial charge in [0.1, 0.15) is 6.29 Å². The van der Waals surface area contributed by atoms with Crippen LogP contribution in [-0.2, 0) is 11.3 Å². The van der Waals surface area contributed by atoms with Gasteiger partial charge in [0.15, 0.2) is 0 Å². The lowest BCUT2D eigenvalue weighted by atomic mass is 9.99. The maximum absolute atomic E-state index is 11.3. The van der Waals surface area contributed by atoms with Crippen molar-refractivity contribution in [3.05, 3.63) is 47.5 Å². The zero-order valence-corrected chi connectivity index (χ0v) is 10.8. The van der Waals surface area contributed by atoms with E-state index >= 15 is 0 Å². The Hall–Kier alpha value is -1.71. The summed E-state index contributed by atoms with van der Waals surface area (Å²) in [7, 11) is 0. The topological polar surface area (TPSA) is 29.5 Å². The molecule has 0 aromatic heterocycles. The Bertz CT molecular complexity index is 588. The van der Waals surface area contributed by atoms with Crippen molar-refractivity contribution in [2.75, 3.05) is 26.3 Å². The summed E-state index contributed by atoms with van der Waals surface area (Å²) in [5.74, 6) is 0. The van der Waals surface area contributed by atoms with Crippen molar-refractivity contribution in [2.45, 2.75) is 6.54 Å². The van der Waals surface area contributed by atoms with E-state index in [9.17, 15) is 4.79 Å². The van der Waals surface area contributed by atoms with Crippen LogP contribution in [0.2, 0.25) is 0 Å². The van der Waals surface area contributed by atoms with E-state index in [1.54, 1.807) is 0 Å². The van der Waals surface area contributed by atoms with Gasteiger partial charge in [0.05, 0.1) is 13.2 Å². The summed E-state index contributed by atoms with van der Waals surface area (Å²) in [6.45, 7) is 4.24. The van der Waals surface area contributed by atoms with Gasteiger partial charge in [-0.3, -0.25) is 9.69 Å². The minimum Gasteiger partial charge on any atom is -0.379 e. The molecule has 3 heteroatoms.